The first-order chi connectivity index (χ1) is 6.40. The van der Waals surface area contributed by atoms with E-state index in [4.69, 9.17) is 0 Å². The van der Waals surface area contributed by atoms with E-state index in [1.54, 1.807) is 0 Å². The van der Waals surface area contributed by atoms with Gasteiger partial charge in [-0.3, -0.25) is 0 Å². The van der Waals surface area contributed by atoms with Crippen LogP contribution in [0.25, 0.3) is 0 Å². The van der Waals surface area contributed by atoms with Crippen LogP contribution in [0.5, 0.6) is 0 Å². The van der Waals surface area contributed by atoms with Gasteiger partial charge in [-0.25, -0.2) is 0 Å². The van der Waals surface area contributed by atoms with Crippen LogP contribution in [0.2, 0.25) is 0 Å². The summed E-state index contributed by atoms with van der Waals surface area (Å²) in [7, 11) is 0. The average molecular weight is 174 g/mol. The molecule has 0 N–H and O–H groups in total. The van der Waals surface area contributed by atoms with E-state index in [0.717, 1.165) is 5.92 Å². The highest BCUT2D eigenvalue weighted by Gasteiger charge is 2.20. The summed E-state index contributed by atoms with van der Waals surface area (Å²) in [5, 5.41) is 0. The molecule has 1 aliphatic rings. The summed E-state index contributed by atoms with van der Waals surface area (Å²) >= 11 is 0. The first-order valence-corrected chi connectivity index (χ1v) is 5.11. The Labute approximate surface area is 80.4 Å². The first kappa shape index (κ1) is 8.61. The van der Waals surface area contributed by atoms with E-state index < -0.39 is 0 Å². The molecule has 69 valence electrons. The van der Waals surface area contributed by atoms with Crippen molar-refractivity contribution in [2.24, 2.45) is 5.92 Å². The van der Waals surface area contributed by atoms with E-state index in [0.29, 0.717) is 0 Å². The molecule has 1 aromatic carbocycles. The van der Waals surface area contributed by atoms with Gasteiger partial charge in [0.2, 0.25) is 0 Å². The van der Waals surface area contributed by atoms with E-state index in [-0.39, 0.29) is 0 Å². The van der Waals surface area contributed by atoms with Crippen LogP contribution >= 0.6 is 0 Å². The van der Waals surface area contributed by atoms with Gasteiger partial charge in [0.1, 0.15) is 0 Å². The van der Waals surface area contributed by atoms with Gasteiger partial charge in [0.25, 0.3) is 0 Å². The van der Waals surface area contributed by atoms with Gasteiger partial charge >= 0.3 is 0 Å². The molecule has 1 saturated heterocycles. The van der Waals surface area contributed by atoms with Crippen molar-refractivity contribution in [3.8, 4) is 0 Å². The maximum Gasteiger partial charge on any atom is 0.0366 e. The maximum absolute atomic E-state index is 3.05. The number of anilines is 1. The summed E-state index contributed by atoms with van der Waals surface area (Å²) in [5.74, 6) is 0.907. The van der Waals surface area contributed by atoms with Crippen LogP contribution in [0.15, 0.2) is 24.3 Å². The van der Waals surface area contributed by atoms with Crippen molar-refractivity contribution in [2.45, 2.75) is 19.8 Å². The van der Waals surface area contributed by atoms with Crippen LogP contribution < -0.4 is 4.90 Å². The van der Waals surface area contributed by atoms with E-state index in [9.17, 15) is 0 Å². The summed E-state index contributed by atoms with van der Waals surface area (Å²) < 4.78 is 0. The molecular weight excluding hydrogens is 158 g/mol. The molecule has 0 amide bonds. The van der Waals surface area contributed by atoms with Crippen molar-refractivity contribution >= 4 is 5.69 Å². The van der Waals surface area contributed by atoms with E-state index >= 15 is 0 Å². The minimum Gasteiger partial charge on any atom is -0.371 e. The number of hydrogen-bond acceptors (Lipinski definition) is 1. The van der Waals surface area contributed by atoms with Crippen molar-refractivity contribution in [2.75, 3.05) is 18.0 Å². The molecule has 2 rings (SSSR count). The lowest BCUT2D eigenvalue weighted by Crippen LogP contribution is -2.19. The summed E-state index contributed by atoms with van der Waals surface area (Å²) in [6.45, 7) is 4.75. The van der Waals surface area contributed by atoms with Crippen LogP contribution in [-0.2, 0) is 0 Å². The number of benzene rings is 1. The van der Waals surface area contributed by atoms with Crippen LogP contribution in [0, 0.1) is 12.0 Å². The van der Waals surface area contributed by atoms with Crippen molar-refractivity contribution < 1.29 is 0 Å². The molecule has 1 unspecified atom stereocenters. The SMILES string of the molecule is CCC1CCN(c2cc[c]cc2)C1. The van der Waals surface area contributed by atoms with Gasteiger partial charge in [0.15, 0.2) is 0 Å². The molecule has 0 spiro atoms. The van der Waals surface area contributed by atoms with Gasteiger partial charge in [-0.15, -0.1) is 0 Å². The standard InChI is InChI=1S/C12H16N/c1-2-11-8-9-13(10-11)12-6-4-3-5-7-12/h4-7,11H,2,8-10H2,1H3. The van der Waals surface area contributed by atoms with Crippen LogP contribution in [0.4, 0.5) is 5.69 Å². The van der Waals surface area contributed by atoms with E-state index in [2.05, 4.69) is 30.0 Å². The zero-order valence-electron chi connectivity index (χ0n) is 8.16. The van der Waals surface area contributed by atoms with Crippen LogP contribution in [-0.4, -0.2) is 13.1 Å². The van der Waals surface area contributed by atoms with Crippen LogP contribution in [0.1, 0.15) is 19.8 Å². The fourth-order valence-electron chi connectivity index (χ4n) is 1.99. The fourth-order valence-corrected chi connectivity index (χ4v) is 1.99. The lowest BCUT2D eigenvalue weighted by Gasteiger charge is -2.17. The highest BCUT2D eigenvalue weighted by Crippen LogP contribution is 2.24. The zero-order chi connectivity index (χ0) is 9.10. The van der Waals surface area contributed by atoms with Crippen molar-refractivity contribution in [1.82, 2.24) is 0 Å². The third-order valence-corrected chi connectivity index (χ3v) is 2.93. The lowest BCUT2D eigenvalue weighted by molar-refractivity contribution is 0.569. The highest BCUT2D eigenvalue weighted by atomic mass is 15.1. The molecule has 0 aromatic heterocycles. The minimum atomic E-state index is 0.907. The predicted molar refractivity (Wildman–Crippen MR) is 55.9 cm³/mol. The Hall–Kier alpha value is -0.980. The summed E-state index contributed by atoms with van der Waals surface area (Å²) in [6.07, 6.45) is 2.67. The molecule has 0 bridgehead atoms. The van der Waals surface area contributed by atoms with Gasteiger partial charge in [-0.2, -0.15) is 0 Å². The van der Waals surface area contributed by atoms with Crippen molar-refractivity contribution in [3.63, 3.8) is 0 Å². The maximum atomic E-state index is 3.05. The molecule has 1 aromatic rings. The Morgan fingerprint density at radius 1 is 1.46 bits per heavy atom. The third kappa shape index (κ3) is 1.85. The highest BCUT2D eigenvalue weighted by molar-refractivity contribution is 5.46. The lowest BCUT2D eigenvalue weighted by atomic mass is 10.1. The van der Waals surface area contributed by atoms with Gasteiger partial charge in [0.05, 0.1) is 0 Å². The smallest absolute Gasteiger partial charge is 0.0366 e. The Bertz CT molecular complexity index is 255. The van der Waals surface area contributed by atoms with Gasteiger partial charge in [0, 0.05) is 18.8 Å². The molecule has 1 heterocycles. The monoisotopic (exact) mass is 174 g/mol. The zero-order valence-corrected chi connectivity index (χ0v) is 8.16. The fraction of sp³-hybridized carbons (Fsp3) is 0.500. The number of hydrogen-bond donors (Lipinski definition) is 0. The average Bonchev–Trinajstić information content (AvgIpc) is 2.67. The van der Waals surface area contributed by atoms with Gasteiger partial charge in [-0.1, -0.05) is 25.5 Å². The molecule has 1 radical (unpaired) electrons. The molecule has 1 aliphatic heterocycles. The number of rotatable bonds is 2. The Morgan fingerprint density at radius 3 is 2.85 bits per heavy atom. The third-order valence-electron chi connectivity index (χ3n) is 2.93. The molecule has 13 heavy (non-hydrogen) atoms. The second-order valence-corrected chi connectivity index (χ2v) is 3.77. The predicted octanol–water partition coefficient (Wildman–Crippen LogP) is 2.72. The number of nitrogens with zero attached hydrogens (tertiary/aromatic N) is 1. The quantitative estimate of drug-likeness (QED) is 0.666. The van der Waals surface area contributed by atoms with E-state index in [1.165, 1.54) is 31.6 Å². The second-order valence-electron chi connectivity index (χ2n) is 3.77. The minimum absolute atomic E-state index is 0.907. The summed E-state index contributed by atoms with van der Waals surface area (Å²) in [4.78, 5) is 2.47. The normalized spacial score (nSPS) is 22.2. The van der Waals surface area contributed by atoms with Gasteiger partial charge < -0.3 is 4.90 Å². The van der Waals surface area contributed by atoms with Gasteiger partial charge in [-0.05, 0) is 30.5 Å². The Kier molecular flexibility index (Phi) is 2.53. The molecule has 0 saturated carbocycles. The molecule has 0 aliphatic carbocycles. The first-order valence-electron chi connectivity index (χ1n) is 5.11. The molecular formula is C12H16N. The molecule has 1 atom stereocenters. The molecule has 1 fully saturated rings. The topological polar surface area (TPSA) is 3.24 Å². The Balaban J connectivity index is 2.04. The Morgan fingerprint density at radius 2 is 2.23 bits per heavy atom. The summed E-state index contributed by atoms with van der Waals surface area (Å²) in [6, 6.07) is 11.3. The van der Waals surface area contributed by atoms with Crippen LogP contribution in [0.3, 0.4) is 0 Å². The summed E-state index contributed by atoms with van der Waals surface area (Å²) in [5.41, 5.74) is 1.36. The molecule has 1 nitrogen and oxygen atoms in total. The van der Waals surface area contributed by atoms with Crippen molar-refractivity contribution in [1.29, 1.82) is 0 Å². The van der Waals surface area contributed by atoms with E-state index in [1.807, 2.05) is 12.1 Å². The second kappa shape index (κ2) is 3.82. The largest absolute Gasteiger partial charge is 0.371 e. The van der Waals surface area contributed by atoms with Crippen molar-refractivity contribution in [3.05, 3.63) is 30.3 Å². The molecule has 1 heteroatoms.